The molecule has 0 unspecified atom stereocenters. The molecule has 0 aliphatic carbocycles. The van der Waals surface area contributed by atoms with Crippen molar-refractivity contribution in [2.75, 3.05) is 6.54 Å². The number of benzene rings is 1. The van der Waals surface area contributed by atoms with Crippen molar-refractivity contribution in [3.05, 3.63) is 33.5 Å². The van der Waals surface area contributed by atoms with E-state index < -0.39 is 0 Å². The van der Waals surface area contributed by atoms with Gasteiger partial charge in [0.1, 0.15) is 11.3 Å². The predicted molar refractivity (Wildman–Crippen MR) is 79.9 cm³/mol. The fraction of sp³-hybridized carbons (Fsp3) is 0.467. The molecule has 0 amide bonds. The van der Waals surface area contributed by atoms with Crippen LogP contribution in [0.2, 0.25) is 0 Å². The van der Waals surface area contributed by atoms with Gasteiger partial charge in [0.2, 0.25) is 0 Å². The summed E-state index contributed by atoms with van der Waals surface area (Å²) in [6.45, 7) is 10.4. The highest BCUT2D eigenvalue weighted by atomic mass is 79.9. The Balaban J connectivity index is 2.25. The van der Waals surface area contributed by atoms with Crippen molar-refractivity contribution in [3.63, 3.8) is 0 Å². The van der Waals surface area contributed by atoms with Crippen LogP contribution in [0.1, 0.15) is 30.7 Å². The molecule has 0 atom stereocenters. The third-order valence-electron chi connectivity index (χ3n) is 3.09. The molecule has 0 aliphatic heterocycles. The lowest BCUT2D eigenvalue weighted by Gasteiger charge is -2.04. The number of halogens is 1. The van der Waals surface area contributed by atoms with Crippen LogP contribution >= 0.6 is 15.9 Å². The van der Waals surface area contributed by atoms with Crippen LogP contribution in [0.3, 0.4) is 0 Å². The molecule has 2 rings (SSSR count). The SMILES string of the molecule is Cc1cc2oc(CNCC(C)C)cc2c(C)c1Br. The van der Waals surface area contributed by atoms with Gasteiger partial charge in [-0.3, -0.25) is 0 Å². The van der Waals surface area contributed by atoms with Gasteiger partial charge in [-0.1, -0.05) is 29.8 Å². The highest BCUT2D eigenvalue weighted by molar-refractivity contribution is 9.10. The van der Waals surface area contributed by atoms with Crippen molar-refractivity contribution in [1.29, 1.82) is 0 Å². The summed E-state index contributed by atoms with van der Waals surface area (Å²) in [6.07, 6.45) is 0. The van der Waals surface area contributed by atoms with Crippen LogP contribution in [0.15, 0.2) is 21.0 Å². The molecular formula is C15H20BrNO. The van der Waals surface area contributed by atoms with Crippen LogP contribution in [0.25, 0.3) is 11.0 Å². The minimum atomic E-state index is 0.660. The zero-order valence-electron chi connectivity index (χ0n) is 11.4. The van der Waals surface area contributed by atoms with Crippen molar-refractivity contribution < 1.29 is 4.42 Å². The molecule has 0 saturated carbocycles. The third kappa shape index (κ3) is 2.78. The van der Waals surface area contributed by atoms with Gasteiger partial charge in [0, 0.05) is 9.86 Å². The number of nitrogens with one attached hydrogen (secondary N) is 1. The van der Waals surface area contributed by atoms with Crippen molar-refractivity contribution in [1.82, 2.24) is 5.32 Å². The maximum absolute atomic E-state index is 5.88. The maximum Gasteiger partial charge on any atom is 0.134 e. The topological polar surface area (TPSA) is 25.2 Å². The summed E-state index contributed by atoms with van der Waals surface area (Å²) in [5, 5.41) is 4.61. The molecule has 0 fully saturated rings. The molecule has 0 spiro atoms. The summed E-state index contributed by atoms with van der Waals surface area (Å²) in [4.78, 5) is 0. The lowest BCUT2D eigenvalue weighted by atomic mass is 10.1. The Morgan fingerprint density at radius 1 is 1.28 bits per heavy atom. The summed E-state index contributed by atoms with van der Waals surface area (Å²) in [5.74, 6) is 1.67. The summed E-state index contributed by atoms with van der Waals surface area (Å²) in [5.41, 5.74) is 3.45. The number of rotatable bonds is 4. The monoisotopic (exact) mass is 309 g/mol. The van der Waals surface area contributed by atoms with E-state index in [9.17, 15) is 0 Å². The van der Waals surface area contributed by atoms with E-state index in [1.54, 1.807) is 0 Å². The van der Waals surface area contributed by atoms with E-state index in [-0.39, 0.29) is 0 Å². The molecule has 0 aliphatic rings. The molecule has 1 aromatic heterocycles. The van der Waals surface area contributed by atoms with Crippen LogP contribution in [0.5, 0.6) is 0 Å². The molecule has 98 valence electrons. The Morgan fingerprint density at radius 3 is 2.67 bits per heavy atom. The number of fused-ring (bicyclic) bond motifs is 1. The molecule has 1 N–H and O–H groups in total. The fourth-order valence-electron chi connectivity index (χ4n) is 2.10. The molecule has 3 heteroatoms. The first-order chi connectivity index (χ1) is 8.49. The summed E-state index contributed by atoms with van der Waals surface area (Å²) >= 11 is 3.62. The summed E-state index contributed by atoms with van der Waals surface area (Å²) < 4.78 is 7.06. The lowest BCUT2D eigenvalue weighted by Crippen LogP contribution is -2.18. The lowest BCUT2D eigenvalue weighted by molar-refractivity contribution is 0.485. The zero-order chi connectivity index (χ0) is 13.3. The van der Waals surface area contributed by atoms with Crippen LogP contribution in [-0.2, 0) is 6.54 Å². The standard InChI is InChI=1S/C15H20BrNO/c1-9(2)7-17-8-12-6-13-11(4)15(16)10(3)5-14(13)18-12/h5-6,9,17H,7-8H2,1-4H3. The minimum Gasteiger partial charge on any atom is -0.460 e. The van der Waals surface area contributed by atoms with Crippen LogP contribution in [0, 0.1) is 19.8 Å². The van der Waals surface area contributed by atoms with Gasteiger partial charge < -0.3 is 9.73 Å². The molecule has 0 bridgehead atoms. The Bertz CT molecular complexity index is 557. The Morgan fingerprint density at radius 2 is 2.00 bits per heavy atom. The first kappa shape index (κ1) is 13.6. The largest absolute Gasteiger partial charge is 0.460 e. The van der Waals surface area contributed by atoms with Gasteiger partial charge in [-0.2, -0.15) is 0 Å². The average molecular weight is 310 g/mol. The highest BCUT2D eigenvalue weighted by Crippen LogP contribution is 2.31. The summed E-state index contributed by atoms with van der Waals surface area (Å²) in [7, 11) is 0. The normalized spacial score (nSPS) is 11.7. The van der Waals surface area contributed by atoms with Gasteiger partial charge in [-0.05, 0) is 49.6 Å². The van der Waals surface area contributed by atoms with Gasteiger partial charge in [0.15, 0.2) is 0 Å². The second-order valence-electron chi connectivity index (χ2n) is 5.28. The molecule has 1 heterocycles. The van der Waals surface area contributed by atoms with E-state index in [1.165, 1.54) is 21.0 Å². The average Bonchev–Trinajstić information content (AvgIpc) is 2.69. The van der Waals surface area contributed by atoms with Crippen molar-refractivity contribution >= 4 is 26.9 Å². The second-order valence-corrected chi connectivity index (χ2v) is 6.07. The minimum absolute atomic E-state index is 0.660. The Hall–Kier alpha value is -0.800. The van der Waals surface area contributed by atoms with Crippen LogP contribution in [0.4, 0.5) is 0 Å². The van der Waals surface area contributed by atoms with E-state index in [0.29, 0.717) is 5.92 Å². The predicted octanol–water partition coefficient (Wildman–Crippen LogP) is 4.56. The molecule has 1 aromatic carbocycles. The molecule has 2 aromatic rings. The van der Waals surface area contributed by atoms with Gasteiger partial charge in [0.25, 0.3) is 0 Å². The van der Waals surface area contributed by atoms with Crippen LogP contribution < -0.4 is 5.32 Å². The molecule has 2 nitrogen and oxygen atoms in total. The highest BCUT2D eigenvalue weighted by Gasteiger charge is 2.10. The zero-order valence-corrected chi connectivity index (χ0v) is 13.0. The number of furan rings is 1. The first-order valence-electron chi connectivity index (χ1n) is 6.38. The number of aryl methyl sites for hydroxylation is 2. The Labute approximate surface area is 117 Å². The molecule has 0 radical (unpaired) electrons. The van der Waals surface area contributed by atoms with Gasteiger partial charge in [-0.25, -0.2) is 0 Å². The van der Waals surface area contributed by atoms with Gasteiger partial charge in [-0.15, -0.1) is 0 Å². The number of hydrogen-bond donors (Lipinski definition) is 1. The molecular weight excluding hydrogens is 290 g/mol. The number of hydrogen-bond acceptors (Lipinski definition) is 2. The van der Waals surface area contributed by atoms with E-state index in [4.69, 9.17) is 4.42 Å². The van der Waals surface area contributed by atoms with E-state index >= 15 is 0 Å². The maximum atomic E-state index is 5.88. The fourth-order valence-corrected chi connectivity index (χ4v) is 2.43. The van der Waals surface area contributed by atoms with Crippen molar-refractivity contribution in [2.24, 2.45) is 5.92 Å². The smallest absolute Gasteiger partial charge is 0.134 e. The first-order valence-corrected chi connectivity index (χ1v) is 7.17. The van der Waals surface area contributed by atoms with E-state index in [1.807, 2.05) is 0 Å². The van der Waals surface area contributed by atoms with E-state index in [2.05, 4.69) is 61.1 Å². The van der Waals surface area contributed by atoms with Crippen molar-refractivity contribution in [3.8, 4) is 0 Å². The quantitative estimate of drug-likeness (QED) is 0.895. The summed E-state index contributed by atoms with van der Waals surface area (Å²) in [6, 6.07) is 4.24. The van der Waals surface area contributed by atoms with Gasteiger partial charge in [0.05, 0.1) is 6.54 Å². The van der Waals surface area contributed by atoms with Gasteiger partial charge >= 0.3 is 0 Å². The molecule has 18 heavy (non-hydrogen) atoms. The third-order valence-corrected chi connectivity index (χ3v) is 4.31. The Kier molecular flexibility index (Phi) is 4.13. The van der Waals surface area contributed by atoms with E-state index in [0.717, 1.165) is 24.4 Å². The van der Waals surface area contributed by atoms with Crippen LogP contribution in [-0.4, -0.2) is 6.54 Å². The molecule has 0 saturated heterocycles. The van der Waals surface area contributed by atoms with Crippen molar-refractivity contribution in [2.45, 2.75) is 34.2 Å². The second kappa shape index (κ2) is 5.45.